The number of aromatic amines is 1. The zero-order chi connectivity index (χ0) is 15.5. The maximum atomic E-state index is 12.3. The quantitative estimate of drug-likeness (QED) is 0.804. The van der Waals surface area contributed by atoms with E-state index in [-0.39, 0.29) is 5.91 Å². The van der Waals surface area contributed by atoms with Crippen LogP contribution in [0.4, 0.5) is 0 Å². The molecule has 1 amide bonds. The number of fused-ring (bicyclic) bond motifs is 1. The maximum Gasteiger partial charge on any atom is 0.226 e. The lowest BCUT2D eigenvalue weighted by Gasteiger charge is -2.27. The highest BCUT2D eigenvalue weighted by atomic mass is 79.9. The van der Waals surface area contributed by atoms with Gasteiger partial charge in [-0.1, -0.05) is 18.2 Å². The van der Waals surface area contributed by atoms with Crippen LogP contribution in [0.25, 0.3) is 0 Å². The van der Waals surface area contributed by atoms with Gasteiger partial charge in [0.2, 0.25) is 5.91 Å². The number of H-pyrrole nitrogens is 1. The Bertz CT molecular complexity index is 670. The molecule has 1 aromatic carbocycles. The summed E-state index contributed by atoms with van der Waals surface area (Å²) in [6, 6.07) is 9.57. The first-order chi connectivity index (χ1) is 10.6. The lowest BCUT2D eigenvalue weighted by Crippen LogP contribution is -2.36. The predicted molar refractivity (Wildman–Crippen MR) is 91.9 cm³/mol. The molecular formula is C16H16Br2N2O2. The third kappa shape index (κ3) is 3.38. The number of ether oxygens (including phenoxy) is 1. The van der Waals surface area contributed by atoms with Crippen molar-refractivity contribution in [1.29, 1.82) is 0 Å². The number of hydrogen-bond acceptors (Lipinski definition) is 2. The molecule has 1 N–H and O–H groups in total. The number of aromatic nitrogens is 1. The molecule has 4 nitrogen and oxygen atoms in total. The second kappa shape index (κ2) is 6.87. The fourth-order valence-electron chi connectivity index (χ4n) is 2.57. The Kier molecular flexibility index (Phi) is 4.88. The molecule has 0 saturated carbocycles. The minimum absolute atomic E-state index is 0.130. The number of halogens is 2. The van der Waals surface area contributed by atoms with Gasteiger partial charge >= 0.3 is 0 Å². The summed E-state index contributed by atoms with van der Waals surface area (Å²) in [6.45, 7) is 1.79. The minimum atomic E-state index is 0.130. The van der Waals surface area contributed by atoms with Gasteiger partial charge in [-0.15, -0.1) is 0 Å². The summed E-state index contributed by atoms with van der Waals surface area (Å²) in [5, 5.41) is 0. The molecular weight excluding hydrogens is 412 g/mol. The Morgan fingerprint density at radius 2 is 2.05 bits per heavy atom. The molecule has 0 aliphatic carbocycles. The summed E-state index contributed by atoms with van der Waals surface area (Å²) in [7, 11) is 0. The SMILES string of the molecule is O=C(CCOc1ccccc1)N1CCc2[nH]c(Br)c(Br)c2C1. The van der Waals surface area contributed by atoms with Crippen LogP contribution < -0.4 is 4.74 Å². The van der Waals surface area contributed by atoms with Crippen molar-refractivity contribution in [3.8, 4) is 5.75 Å². The number of carbonyl (C=O) groups excluding carboxylic acids is 1. The van der Waals surface area contributed by atoms with Crippen LogP contribution in [-0.2, 0) is 17.8 Å². The summed E-state index contributed by atoms with van der Waals surface area (Å²) in [6.07, 6.45) is 1.25. The molecule has 2 heterocycles. The van der Waals surface area contributed by atoms with Crippen molar-refractivity contribution in [2.45, 2.75) is 19.4 Å². The van der Waals surface area contributed by atoms with E-state index in [2.05, 4.69) is 36.8 Å². The molecule has 0 bridgehead atoms. The second-order valence-corrected chi connectivity index (χ2v) is 6.77. The van der Waals surface area contributed by atoms with Crippen molar-refractivity contribution >= 4 is 37.8 Å². The van der Waals surface area contributed by atoms with Gasteiger partial charge in [-0.25, -0.2) is 0 Å². The molecule has 116 valence electrons. The number of carbonyl (C=O) groups is 1. The molecule has 3 rings (SSSR count). The number of nitrogens with one attached hydrogen (secondary N) is 1. The molecule has 0 atom stereocenters. The third-order valence-corrected chi connectivity index (χ3v) is 5.75. The van der Waals surface area contributed by atoms with Crippen LogP contribution in [0.1, 0.15) is 17.7 Å². The highest BCUT2D eigenvalue weighted by Crippen LogP contribution is 2.33. The Labute approximate surface area is 146 Å². The van der Waals surface area contributed by atoms with E-state index >= 15 is 0 Å². The van der Waals surface area contributed by atoms with E-state index < -0.39 is 0 Å². The first-order valence-electron chi connectivity index (χ1n) is 7.15. The van der Waals surface area contributed by atoms with Gasteiger partial charge in [0.05, 0.1) is 22.1 Å². The number of nitrogens with zero attached hydrogens (tertiary/aromatic N) is 1. The smallest absolute Gasteiger partial charge is 0.226 e. The van der Waals surface area contributed by atoms with Crippen LogP contribution in [0.2, 0.25) is 0 Å². The molecule has 1 aliphatic rings. The standard InChI is InChI=1S/C16H16Br2N2O2/c17-15-12-10-20(8-6-13(12)19-16(15)18)14(21)7-9-22-11-4-2-1-3-5-11/h1-5,19H,6-10H2. The summed E-state index contributed by atoms with van der Waals surface area (Å²) in [5.41, 5.74) is 2.36. The van der Waals surface area contributed by atoms with Gasteiger partial charge in [0.1, 0.15) is 5.75 Å². The van der Waals surface area contributed by atoms with Crippen molar-refractivity contribution in [3.05, 3.63) is 50.7 Å². The lowest BCUT2D eigenvalue weighted by atomic mass is 10.1. The molecule has 0 unspecified atom stereocenters. The van der Waals surface area contributed by atoms with E-state index in [4.69, 9.17) is 4.74 Å². The minimum Gasteiger partial charge on any atom is -0.493 e. The van der Waals surface area contributed by atoms with Crippen molar-refractivity contribution < 1.29 is 9.53 Å². The monoisotopic (exact) mass is 426 g/mol. The van der Waals surface area contributed by atoms with E-state index in [1.165, 1.54) is 5.69 Å². The number of para-hydroxylation sites is 1. The maximum absolute atomic E-state index is 12.3. The number of hydrogen-bond donors (Lipinski definition) is 1. The fourth-order valence-corrected chi connectivity index (χ4v) is 3.51. The van der Waals surface area contributed by atoms with E-state index in [0.717, 1.165) is 33.4 Å². The molecule has 6 heteroatoms. The summed E-state index contributed by atoms with van der Waals surface area (Å²) in [5.74, 6) is 0.930. The first kappa shape index (κ1) is 15.6. The molecule has 1 aromatic heterocycles. The van der Waals surface area contributed by atoms with Gasteiger partial charge in [-0.3, -0.25) is 4.79 Å². The largest absolute Gasteiger partial charge is 0.493 e. The lowest BCUT2D eigenvalue weighted by molar-refractivity contribution is -0.132. The van der Waals surface area contributed by atoms with Crippen LogP contribution in [-0.4, -0.2) is 28.9 Å². The highest BCUT2D eigenvalue weighted by Gasteiger charge is 2.25. The van der Waals surface area contributed by atoms with Crippen LogP contribution in [0.15, 0.2) is 39.4 Å². The molecule has 22 heavy (non-hydrogen) atoms. The van der Waals surface area contributed by atoms with Gasteiger partial charge in [-0.2, -0.15) is 0 Å². The van der Waals surface area contributed by atoms with Gasteiger partial charge in [0.25, 0.3) is 0 Å². The Morgan fingerprint density at radius 1 is 1.27 bits per heavy atom. The number of benzene rings is 1. The number of amides is 1. The highest BCUT2D eigenvalue weighted by molar-refractivity contribution is 9.13. The van der Waals surface area contributed by atoms with Crippen LogP contribution >= 0.6 is 31.9 Å². The fraction of sp³-hybridized carbons (Fsp3) is 0.312. The van der Waals surface area contributed by atoms with Gasteiger partial charge in [-0.05, 0) is 44.0 Å². The van der Waals surface area contributed by atoms with Gasteiger partial charge in [0.15, 0.2) is 0 Å². The van der Waals surface area contributed by atoms with E-state index in [1.807, 2.05) is 35.2 Å². The van der Waals surface area contributed by atoms with Crippen LogP contribution in [0.3, 0.4) is 0 Å². The van der Waals surface area contributed by atoms with Crippen molar-refractivity contribution in [2.24, 2.45) is 0 Å². The third-order valence-electron chi connectivity index (χ3n) is 3.74. The zero-order valence-corrected chi connectivity index (χ0v) is 15.1. The summed E-state index contributed by atoms with van der Waals surface area (Å²) in [4.78, 5) is 17.5. The second-order valence-electron chi connectivity index (χ2n) is 5.19. The number of rotatable bonds is 4. The Hall–Kier alpha value is -1.27. The van der Waals surface area contributed by atoms with Gasteiger partial charge < -0.3 is 14.6 Å². The average molecular weight is 428 g/mol. The molecule has 0 spiro atoms. The van der Waals surface area contributed by atoms with E-state index in [1.54, 1.807) is 0 Å². The Balaban J connectivity index is 1.54. The van der Waals surface area contributed by atoms with Crippen molar-refractivity contribution in [2.75, 3.05) is 13.2 Å². The van der Waals surface area contributed by atoms with Crippen LogP contribution in [0.5, 0.6) is 5.75 Å². The topological polar surface area (TPSA) is 45.3 Å². The van der Waals surface area contributed by atoms with Crippen molar-refractivity contribution in [1.82, 2.24) is 9.88 Å². The van der Waals surface area contributed by atoms with Crippen molar-refractivity contribution in [3.63, 3.8) is 0 Å². The molecule has 0 radical (unpaired) electrons. The van der Waals surface area contributed by atoms with Crippen LogP contribution in [0, 0.1) is 0 Å². The van der Waals surface area contributed by atoms with Gasteiger partial charge in [0, 0.05) is 30.8 Å². The average Bonchev–Trinajstić information content (AvgIpc) is 2.83. The first-order valence-corrected chi connectivity index (χ1v) is 8.74. The Morgan fingerprint density at radius 3 is 2.82 bits per heavy atom. The van der Waals surface area contributed by atoms with E-state index in [9.17, 15) is 4.79 Å². The molecule has 2 aromatic rings. The zero-order valence-electron chi connectivity index (χ0n) is 11.9. The molecule has 0 saturated heterocycles. The summed E-state index contributed by atoms with van der Waals surface area (Å²) < 4.78 is 7.55. The molecule has 0 fully saturated rings. The van der Waals surface area contributed by atoms with E-state index in [0.29, 0.717) is 19.6 Å². The predicted octanol–water partition coefficient (Wildman–Crippen LogP) is 3.89. The molecule has 1 aliphatic heterocycles. The summed E-state index contributed by atoms with van der Waals surface area (Å²) >= 11 is 7.03. The normalized spacial score (nSPS) is 13.8.